The van der Waals surface area contributed by atoms with Crippen molar-refractivity contribution in [3.8, 4) is 0 Å². The van der Waals surface area contributed by atoms with Crippen LogP contribution in [0.1, 0.15) is 25.3 Å². The van der Waals surface area contributed by atoms with Gasteiger partial charge in [0.15, 0.2) is 5.96 Å². The molecule has 0 aliphatic carbocycles. The molecule has 3 rings (SSSR count). The van der Waals surface area contributed by atoms with Crippen molar-refractivity contribution in [1.29, 1.82) is 0 Å². The first-order valence-corrected chi connectivity index (χ1v) is 9.35. The lowest BCUT2D eigenvalue weighted by Gasteiger charge is -2.37. The van der Waals surface area contributed by atoms with E-state index in [1.54, 1.807) is 12.1 Å². The van der Waals surface area contributed by atoms with Crippen LogP contribution in [0, 0.1) is 5.82 Å². The maximum Gasteiger partial charge on any atom is 0.251 e. The number of nitrogens with one attached hydrogen (secondary N) is 1. The number of nitrogens with zero attached hydrogens (tertiary/aromatic N) is 3. The summed E-state index contributed by atoms with van der Waals surface area (Å²) in [7, 11) is 0. The van der Waals surface area contributed by atoms with Gasteiger partial charge in [-0.05, 0) is 37.5 Å². The standard InChI is InChI=1S/C19H27FN4O2/c1-2-21-19(22-14-15-5-7-16(20)8-6-15)24-11-9-23(10-12-24)18(25)17-4-3-13-26-17/h5-8,17H,2-4,9-14H2,1H3,(H,21,22). The van der Waals surface area contributed by atoms with Crippen LogP contribution < -0.4 is 5.32 Å². The molecule has 2 heterocycles. The Bertz CT molecular complexity index is 621. The second kappa shape index (κ2) is 8.98. The third-order valence-corrected chi connectivity index (χ3v) is 4.76. The highest BCUT2D eigenvalue weighted by Crippen LogP contribution is 2.16. The van der Waals surface area contributed by atoms with Crippen molar-refractivity contribution < 1.29 is 13.9 Å². The maximum absolute atomic E-state index is 13.0. The van der Waals surface area contributed by atoms with E-state index in [9.17, 15) is 9.18 Å². The maximum atomic E-state index is 13.0. The van der Waals surface area contributed by atoms with E-state index in [0.29, 0.717) is 26.2 Å². The molecule has 26 heavy (non-hydrogen) atoms. The van der Waals surface area contributed by atoms with E-state index in [1.807, 2.05) is 11.8 Å². The zero-order valence-electron chi connectivity index (χ0n) is 15.3. The molecule has 0 radical (unpaired) electrons. The molecule has 0 bridgehead atoms. The molecular weight excluding hydrogens is 335 g/mol. The fraction of sp³-hybridized carbons (Fsp3) is 0.579. The molecule has 0 saturated carbocycles. The molecule has 2 fully saturated rings. The summed E-state index contributed by atoms with van der Waals surface area (Å²) in [6, 6.07) is 6.40. The van der Waals surface area contributed by atoms with Gasteiger partial charge < -0.3 is 19.9 Å². The molecular formula is C19H27FN4O2. The van der Waals surface area contributed by atoms with Gasteiger partial charge in [0.25, 0.3) is 5.91 Å². The monoisotopic (exact) mass is 362 g/mol. The lowest BCUT2D eigenvalue weighted by Crippen LogP contribution is -2.55. The molecule has 2 aliphatic rings. The van der Waals surface area contributed by atoms with Crippen LogP contribution in [0.2, 0.25) is 0 Å². The number of carbonyl (C=O) groups is 1. The Morgan fingerprint density at radius 3 is 2.54 bits per heavy atom. The SMILES string of the molecule is CCNC(=NCc1ccc(F)cc1)N1CCN(C(=O)C2CCCO2)CC1. The van der Waals surface area contributed by atoms with E-state index in [2.05, 4.69) is 15.2 Å². The highest BCUT2D eigenvalue weighted by Gasteiger charge is 2.30. The number of hydrogen-bond acceptors (Lipinski definition) is 3. The van der Waals surface area contributed by atoms with Gasteiger partial charge in [-0.15, -0.1) is 0 Å². The molecule has 2 aliphatic heterocycles. The Labute approximate surface area is 154 Å². The third kappa shape index (κ3) is 4.72. The van der Waals surface area contributed by atoms with Crippen LogP contribution in [0.25, 0.3) is 0 Å². The lowest BCUT2D eigenvalue weighted by atomic mass is 10.2. The summed E-state index contributed by atoms with van der Waals surface area (Å²) in [5.41, 5.74) is 0.967. The Kier molecular flexibility index (Phi) is 6.44. The highest BCUT2D eigenvalue weighted by atomic mass is 19.1. The first-order valence-electron chi connectivity index (χ1n) is 9.35. The summed E-state index contributed by atoms with van der Waals surface area (Å²) in [5.74, 6) is 0.716. The topological polar surface area (TPSA) is 57.2 Å². The van der Waals surface area contributed by atoms with Gasteiger partial charge in [-0.1, -0.05) is 12.1 Å². The number of piperazine rings is 1. The van der Waals surface area contributed by atoms with Crippen LogP contribution in [0.4, 0.5) is 4.39 Å². The molecule has 7 heteroatoms. The van der Waals surface area contributed by atoms with Crippen molar-refractivity contribution in [2.24, 2.45) is 4.99 Å². The summed E-state index contributed by atoms with van der Waals surface area (Å²) in [6.07, 6.45) is 1.56. The molecule has 6 nitrogen and oxygen atoms in total. The molecule has 1 atom stereocenters. The van der Waals surface area contributed by atoms with Gasteiger partial charge in [0.05, 0.1) is 6.54 Å². The summed E-state index contributed by atoms with van der Waals surface area (Å²) in [5, 5.41) is 3.31. The number of guanidine groups is 1. The molecule has 0 spiro atoms. The molecule has 2 saturated heterocycles. The number of ether oxygens (including phenoxy) is 1. The van der Waals surface area contributed by atoms with Crippen molar-refractivity contribution in [1.82, 2.24) is 15.1 Å². The molecule has 1 amide bonds. The number of amides is 1. The summed E-state index contributed by atoms with van der Waals surface area (Å²) >= 11 is 0. The zero-order chi connectivity index (χ0) is 18.4. The second-order valence-corrected chi connectivity index (χ2v) is 6.61. The van der Waals surface area contributed by atoms with Crippen LogP contribution in [0.3, 0.4) is 0 Å². The van der Waals surface area contributed by atoms with Crippen LogP contribution >= 0.6 is 0 Å². The number of hydrogen-bond donors (Lipinski definition) is 1. The minimum Gasteiger partial charge on any atom is -0.368 e. The number of carbonyl (C=O) groups excluding carboxylic acids is 1. The fourth-order valence-electron chi connectivity index (χ4n) is 3.30. The van der Waals surface area contributed by atoms with Crippen LogP contribution in [-0.4, -0.2) is 67.1 Å². The lowest BCUT2D eigenvalue weighted by molar-refractivity contribution is -0.142. The fourth-order valence-corrected chi connectivity index (χ4v) is 3.30. The van der Waals surface area contributed by atoms with E-state index in [1.165, 1.54) is 12.1 Å². The molecule has 1 N–H and O–H groups in total. The van der Waals surface area contributed by atoms with Gasteiger partial charge in [0, 0.05) is 39.3 Å². The van der Waals surface area contributed by atoms with E-state index in [-0.39, 0.29) is 17.8 Å². The van der Waals surface area contributed by atoms with Gasteiger partial charge >= 0.3 is 0 Å². The normalized spacial score (nSPS) is 21.2. The first kappa shape index (κ1) is 18.6. The minimum absolute atomic E-state index is 0.121. The predicted molar refractivity (Wildman–Crippen MR) is 98.3 cm³/mol. The Balaban J connectivity index is 1.56. The van der Waals surface area contributed by atoms with E-state index >= 15 is 0 Å². The average Bonchev–Trinajstić information content (AvgIpc) is 3.21. The second-order valence-electron chi connectivity index (χ2n) is 6.61. The predicted octanol–water partition coefficient (Wildman–Crippen LogP) is 1.61. The van der Waals surface area contributed by atoms with Crippen molar-refractivity contribution in [2.75, 3.05) is 39.3 Å². The van der Waals surface area contributed by atoms with Crippen molar-refractivity contribution >= 4 is 11.9 Å². The van der Waals surface area contributed by atoms with Crippen LogP contribution in [0.15, 0.2) is 29.3 Å². The minimum atomic E-state index is -0.248. The Morgan fingerprint density at radius 2 is 1.92 bits per heavy atom. The number of benzene rings is 1. The van der Waals surface area contributed by atoms with Crippen molar-refractivity contribution in [3.05, 3.63) is 35.6 Å². The van der Waals surface area contributed by atoms with E-state index in [4.69, 9.17) is 4.74 Å². The first-order chi connectivity index (χ1) is 12.7. The van der Waals surface area contributed by atoms with Gasteiger partial charge in [-0.25, -0.2) is 9.38 Å². The Hall–Kier alpha value is -2.15. The van der Waals surface area contributed by atoms with Gasteiger partial charge in [0.1, 0.15) is 11.9 Å². The molecule has 1 aromatic rings. The van der Waals surface area contributed by atoms with Crippen LogP contribution in [0.5, 0.6) is 0 Å². The quantitative estimate of drug-likeness (QED) is 0.653. The van der Waals surface area contributed by atoms with Gasteiger partial charge in [0.2, 0.25) is 0 Å². The molecule has 0 aromatic heterocycles. The zero-order valence-corrected chi connectivity index (χ0v) is 15.3. The van der Waals surface area contributed by atoms with Crippen molar-refractivity contribution in [3.63, 3.8) is 0 Å². The number of rotatable bonds is 4. The largest absolute Gasteiger partial charge is 0.368 e. The number of halogens is 1. The van der Waals surface area contributed by atoms with Crippen molar-refractivity contribution in [2.45, 2.75) is 32.4 Å². The summed E-state index contributed by atoms with van der Waals surface area (Å²) < 4.78 is 18.5. The van der Waals surface area contributed by atoms with Crippen LogP contribution in [-0.2, 0) is 16.1 Å². The third-order valence-electron chi connectivity index (χ3n) is 4.76. The summed E-state index contributed by atoms with van der Waals surface area (Å²) in [6.45, 7) is 6.84. The Morgan fingerprint density at radius 1 is 1.23 bits per heavy atom. The van der Waals surface area contributed by atoms with E-state index in [0.717, 1.165) is 44.0 Å². The summed E-state index contributed by atoms with van der Waals surface area (Å²) in [4.78, 5) is 21.2. The molecule has 1 aromatic carbocycles. The van der Waals surface area contributed by atoms with E-state index < -0.39 is 0 Å². The van der Waals surface area contributed by atoms with Gasteiger partial charge in [-0.3, -0.25) is 4.79 Å². The van der Waals surface area contributed by atoms with Gasteiger partial charge in [-0.2, -0.15) is 0 Å². The number of aliphatic imine (C=N–C) groups is 1. The smallest absolute Gasteiger partial charge is 0.251 e. The molecule has 142 valence electrons. The molecule has 1 unspecified atom stereocenters. The highest BCUT2D eigenvalue weighted by molar-refractivity contribution is 5.82. The average molecular weight is 362 g/mol.